The van der Waals surface area contributed by atoms with Gasteiger partial charge in [-0.1, -0.05) is 41.6 Å². The standard InChI is InChI=1S/C23H18FN3O2/c24-17-6-7-18-19(14-25-20(18)12-17)15-8-10-27(11-9-15)23(28)21-13-22(29-26-21)16-4-2-1-3-5-16/h1-8,12-14,25H,9-11H2. The molecule has 2 aromatic heterocycles. The van der Waals surface area contributed by atoms with Crippen LogP contribution in [0.3, 0.4) is 0 Å². The molecule has 0 saturated carbocycles. The van der Waals surface area contributed by atoms with Crippen LogP contribution >= 0.6 is 0 Å². The van der Waals surface area contributed by atoms with Crippen LogP contribution in [0.15, 0.2) is 71.4 Å². The number of aromatic nitrogens is 2. The molecule has 0 aliphatic carbocycles. The number of hydrogen-bond acceptors (Lipinski definition) is 3. The fraction of sp³-hybridized carbons (Fsp3) is 0.130. The SMILES string of the molecule is O=C(c1cc(-c2ccccc2)on1)N1CC=C(c2c[nH]c3cc(F)ccc23)CC1. The average molecular weight is 387 g/mol. The Morgan fingerprint density at radius 3 is 2.79 bits per heavy atom. The fourth-order valence-corrected chi connectivity index (χ4v) is 3.74. The van der Waals surface area contributed by atoms with Gasteiger partial charge < -0.3 is 14.4 Å². The van der Waals surface area contributed by atoms with Crippen LogP contribution in [-0.2, 0) is 0 Å². The van der Waals surface area contributed by atoms with Gasteiger partial charge in [-0.2, -0.15) is 0 Å². The van der Waals surface area contributed by atoms with Crippen molar-refractivity contribution < 1.29 is 13.7 Å². The van der Waals surface area contributed by atoms with Gasteiger partial charge >= 0.3 is 0 Å². The van der Waals surface area contributed by atoms with Crippen LogP contribution in [0.2, 0.25) is 0 Å². The van der Waals surface area contributed by atoms with E-state index < -0.39 is 0 Å². The predicted octanol–water partition coefficient (Wildman–Crippen LogP) is 4.89. The molecule has 144 valence electrons. The van der Waals surface area contributed by atoms with E-state index in [9.17, 15) is 9.18 Å². The van der Waals surface area contributed by atoms with Crippen LogP contribution in [-0.4, -0.2) is 34.0 Å². The maximum atomic E-state index is 13.4. The lowest BCUT2D eigenvalue weighted by molar-refractivity contribution is 0.0762. The monoisotopic (exact) mass is 387 g/mol. The molecule has 4 aromatic rings. The van der Waals surface area contributed by atoms with E-state index in [4.69, 9.17) is 4.52 Å². The molecule has 0 fully saturated rings. The van der Waals surface area contributed by atoms with Crippen molar-refractivity contribution in [1.82, 2.24) is 15.0 Å². The van der Waals surface area contributed by atoms with Crippen molar-refractivity contribution in [3.63, 3.8) is 0 Å². The summed E-state index contributed by atoms with van der Waals surface area (Å²) in [6, 6.07) is 16.0. The van der Waals surface area contributed by atoms with Crippen LogP contribution in [0.25, 0.3) is 27.8 Å². The molecule has 1 aliphatic heterocycles. The number of carbonyl (C=O) groups excluding carboxylic acids is 1. The minimum atomic E-state index is -0.261. The zero-order chi connectivity index (χ0) is 19.8. The molecule has 6 heteroatoms. The average Bonchev–Trinajstić information content (AvgIpc) is 3.41. The highest BCUT2D eigenvalue weighted by molar-refractivity contribution is 5.95. The summed E-state index contributed by atoms with van der Waals surface area (Å²) in [5, 5.41) is 4.95. The quantitative estimate of drug-likeness (QED) is 0.544. The van der Waals surface area contributed by atoms with Gasteiger partial charge in [-0.3, -0.25) is 4.79 Å². The molecule has 0 unspecified atom stereocenters. The van der Waals surface area contributed by atoms with E-state index in [0.29, 0.717) is 24.5 Å². The third-order valence-electron chi connectivity index (χ3n) is 5.27. The summed E-state index contributed by atoms with van der Waals surface area (Å²) in [6.07, 6.45) is 4.67. The van der Waals surface area contributed by atoms with Gasteiger partial charge in [0.2, 0.25) is 0 Å². The number of aromatic amines is 1. The topological polar surface area (TPSA) is 62.1 Å². The molecule has 29 heavy (non-hydrogen) atoms. The second-order valence-electron chi connectivity index (χ2n) is 7.07. The second kappa shape index (κ2) is 7.05. The van der Waals surface area contributed by atoms with Gasteiger partial charge in [0.05, 0.1) is 0 Å². The lowest BCUT2D eigenvalue weighted by atomic mass is 9.98. The maximum Gasteiger partial charge on any atom is 0.276 e. The van der Waals surface area contributed by atoms with E-state index in [1.165, 1.54) is 12.1 Å². The van der Waals surface area contributed by atoms with Crippen molar-refractivity contribution in [3.8, 4) is 11.3 Å². The Balaban J connectivity index is 1.34. The zero-order valence-electron chi connectivity index (χ0n) is 15.6. The Morgan fingerprint density at radius 2 is 2.00 bits per heavy atom. The smallest absolute Gasteiger partial charge is 0.276 e. The first kappa shape index (κ1) is 17.4. The molecule has 1 N–H and O–H groups in total. The summed E-state index contributed by atoms with van der Waals surface area (Å²) >= 11 is 0. The van der Waals surface area contributed by atoms with Crippen molar-refractivity contribution in [2.45, 2.75) is 6.42 Å². The first-order valence-corrected chi connectivity index (χ1v) is 9.46. The number of fused-ring (bicyclic) bond motifs is 1. The zero-order valence-corrected chi connectivity index (χ0v) is 15.6. The summed E-state index contributed by atoms with van der Waals surface area (Å²) in [5.74, 6) is 0.170. The Bertz CT molecular complexity index is 1220. The summed E-state index contributed by atoms with van der Waals surface area (Å²) in [7, 11) is 0. The van der Waals surface area contributed by atoms with E-state index in [1.54, 1.807) is 17.0 Å². The van der Waals surface area contributed by atoms with E-state index >= 15 is 0 Å². The fourth-order valence-electron chi connectivity index (χ4n) is 3.74. The molecule has 0 atom stereocenters. The molecular formula is C23H18FN3O2. The molecule has 0 bridgehead atoms. The first-order chi connectivity index (χ1) is 14.2. The Morgan fingerprint density at radius 1 is 1.14 bits per heavy atom. The summed E-state index contributed by atoms with van der Waals surface area (Å²) in [5.41, 5.74) is 4.17. The van der Waals surface area contributed by atoms with E-state index in [1.807, 2.05) is 42.6 Å². The van der Waals surface area contributed by atoms with Crippen LogP contribution < -0.4 is 0 Å². The minimum absolute atomic E-state index is 0.146. The molecule has 5 nitrogen and oxygen atoms in total. The molecule has 1 amide bonds. The number of nitrogens with zero attached hydrogens (tertiary/aromatic N) is 2. The minimum Gasteiger partial charge on any atom is -0.360 e. The Labute approximate surface area is 166 Å². The number of hydrogen-bond donors (Lipinski definition) is 1. The highest BCUT2D eigenvalue weighted by Gasteiger charge is 2.23. The number of amides is 1. The maximum absolute atomic E-state index is 13.4. The molecule has 1 aliphatic rings. The van der Waals surface area contributed by atoms with Crippen molar-refractivity contribution in [2.75, 3.05) is 13.1 Å². The third-order valence-corrected chi connectivity index (χ3v) is 5.27. The second-order valence-corrected chi connectivity index (χ2v) is 7.07. The number of halogens is 1. The van der Waals surface area contributed by atoms with E-state index in [2.05, 4.69) is 10.1 Å². The molecular weight excluding hydrogens is 369 g/mol. The number of benzene rings is 2. The van der Waals surface area contributed by atoms with Gasteiger partial charge in [0, 0.05) is 47.4 Å². The third kappa shape index (κ3) is 3.23. The number of H-pyrrole nitrogens is 1. The molecule has 5 rings (SSSR count). The Kier molecular flexibility index (Phi) is 4.24. The number of rotatable bonds is 3. The van der Waals surface area contributed by atoms with Crippen LogP contribution in [0.5, 0.6) is 0 Å². The molecule has 3 heterocycles. The van der Waals surface area contributed by atoms with E-state index in [0.717, 1.165) is 34.0 Å². The van der Waals surface area contributed by atoms with E-state index in [-0.39, 0.29) is 11.7 Å². The number of carbonyl (C=O) groups is 1. The highest BCUT2D eigenvalue weighted by atomic mass is 19.1. The summed E-state index contributed by atoms with van der Waals surface area (Å²) < 4.78 is 18.8. The first-order valence-electron chi connectivity index (χ1n) is 9.46. The van der Waals surface area contributed by atoms with Gasteiger partial charge in [0.25, 0.3) is 5.91 Å². The van der Waals surface area contributed by atoms with Gasteiger partial charge in [-0.05, 0) is 30.2 Å². The summed E-state index contributed by atoms with van der Waals surface area (Å²) in [4.78, 5) is 17.7. The lowest BCUT2D eigenvalue weighted by Gasteiger charge is -2.25. The van der Waals surface area contributed by atoms with Gasteiger partial charge in [-0.15, -0.1) is 0 Å². The molecule has 0 spiro atoms. The van der Waals surface area contributed by atoms with Gasteiger partial charge in [-0.25, -0.2) is 4.39 Å². The van der Waals surface area contributed by atoms with Crippen molar-refractivity contribution in [3.05, 3.63) is 83.9 Å². The van der Waals surface area contributed by atoms with Crippen LogP contribution in [0.4, 0.5) is 4.39 Å². The van der Waals surface area contributed by atoms with Crippen molar-refractivity contribution in [2.24, 2.45) is 0 Å². The predicted molar refractivity (Wildman–Crippen MR) is 109 cm³/mol. The van der Waals surface area contributed by atoms with Gasteiger partial charge in [0.15, 0.2) is 11.5 Å². The van der Waals surface area contributed by atoms with Crippen LogP contribution in [0, 0.1) is 5.82 Å². The number of nitrogens with one attached hydrogen (secondary N) is 1. The Hall–Kier alpha value is -3.67. The largest absolute Gasteiger partial charge is 0.360 e. The van der Waals surface area contributed by atoms with Crippen molar-refractivity contribution in [1.29, 1.82) is 0 Å². The molecule has 2 aromatic carbocycles. The summed E-state index contributed by atoms with van der Waals surface area (Å²) in [6.45, 7) is 1.08. The normalized spacial score (nSPS) is 14.2. The van der Waals surface area contributed by atoms with Gasteiger partial charge in [0.1, 0.15) is 5.82 Å². The highest BCUT2D eigenvalue weighted by Crippen LogP contribution is 2.30. The molecule has 0 saturated heterocycles. The molecule has 0 radical (unpaired) electrons. The van der Waals surface area contributed by atoms with Crippen molar-refractivity contribution >= 4 is 22.4 Å². The van der Waals surface area contributed by atoms with Crippen LogP contribution in [0.1, 0.15) is 22.5 Å². The lowest BCUT2D eigenvalue weighted by Crippen LogP contribution is -2.34.